The fourth-order valence-electron chi connectivity index (χ4n) is 2.64. The lowest BCUT2D eigenvalue weighted by Crippen LogP contribution is -2.58. The maximum atomic E-state index is 12.7. The van der Waals surface area contributed by atoms with E-state index in [9.17, 15) is 33.9 Å². The first kappa shape index (κ1) is 31.4. The molecule has 0 heterocycles. The van der Waals surface area contributed by atoms with Crippen molar-refractivity contribution in [3.8, 4) is 0 Å². The Morgan fingerprint density at radius 3 is 1.83 bits per heavy atom. The summed E-state index contributed by atoms with van der Waals surface area (Å²) < 4.78 is 0. The van der Waals surface area contributed by atoms with E-state index in [-0.39, 0.29) is 43.9 Å². The van der Waals surface area contributed by atoms with Crippen LogP contribution in [0.5, 0.6) is 0 Å². The molecule has 0 radical (unpaired) electrons. The SMILES string of the molecule is NC(=O)CCC(NC(=O)C(N)CC(N)=O)C(=O)NC(CS)C(=O)NC(CCCN=C(N)N)C(=O)O. The summed E-state index contributed by atoms with van der Waals surface area (Å²) in [4.78, 5) is 74.8. The van der Waals surface area contributed by atoms with Crippen LogP contribution in [0.15, 0.2) is 4.99 Å². The van der Waals surface area contributed by atoms with Gasteiger partial charge in [-0.3, -0.25) is 29.0 Å². The number of nitrogens with two attached hydrogens (primary N) is 5. The molecule has 0 aliphatic carbocycles. The van der Waals surface area contributed by atoms with Crippen molar-refractivity contribution >= 4 is 54.1 Å². The van der Waals surface area contributed by atoms with E-state index in [0.717, 1.165) is 0 Å². The molecule has 0 fully saturated rings. The van der Waals surface area contributed by atoms with Crippen molar-refractivity contribution in [2.45, 2.75) is 56.3 Å². The quantitative estimate of drug-likeness (QED) is 0.0377. The van der Waals surface area contributed by atoms with Crippen LogP contribution >= 0.6 is 12.6 Å². The topological polar surface area (TPSA) is 301 Å². The number of primary amides is 2. The molecule has 16 nitrogen and oxygen atoms in total. The summed E-state index contributed by atoms with van der Waals surface area (Å²) in [5.74, 6) is -5.94. The van der Waals surface area contributed by atoms with Crippen molar-refractivity contribution in [2.75, 3.05) is 12.3 Å². The van der Waals surface area contributed by atoms with E-state index in [4.69, 9.17) is 28.7 Å². The molecule has 0 spiro atoms. The molecule has 14 N–H and O–H groups in total. The summed E-state index contributed by atoms with van der Waals surface area (Å²) in [5.41, 5.74) is 26.1. The number of thiol groups is 1. The average Bonchev–Trinajstić information content (AvgIpc) is 2.75. The molecule has 4 atom stereocenters. The third kappa shape index (κ3) is 13.6. The average molecular weight is 520 g/mol. The number of carbonyl (C=O) groups excluding carboxylic acids is 5. The predicted octanol–water partition coefficient (Wildman–Crippen LogP) is -5.02. The number of nitrogens with one attached hydrogen (secondary N) is 3. The third-order valence-corrected chi connectivity index (χ3v) is 4.81. The Hall–Kier alpha value is -3.60. The zero-order valence-electron chi connectivity index (χ0n) is 18.9. The molecule has 0 rings (SSSR count). The molecule has 0 aromatic rings. The largest absolute Gasteiger partial charge is 0.480 e. The smallest absolute Gasteiger partial charge is 0.326 e. The Morgan fingerprint density at radius 1 is 0.800 bits per heavy atom. The first-order valence-electron chi connectivity index (χ1n) is 10.4. The molecular weight excluding hydrogens is 486 g/mol. The highest BCUT2D eigenvalue weighted by Crippen LogP contribution is 2.03. The van der Waals surface area contributed by atoms with Gasteiger partial charge >= 0.3 is 5.97 Å². The van der Waals surface area contributed by atoms with Crippen LogP contribution in [0, 0.1) is 0 Å². The van der Waals surface area contributed by atoms with E-state index < -0.39 is 66.1 Å². The zero-order valence-corrected chi connectivity index (χ0v) is 19.8. The summed E-state index contributed by atoms with van der Waals surface area (Å²) in [5, 5.41) is 16.2. The molecule has 35 heavy (non-hydrogen) atoms. The highest BCUT2D eigenvalue weighted by molar-refractivity contribution is 7.80. The van der Waals surface area contributed by atoms with E-state index >= 15 is 0 Å². The number of carbonyl (C=O) groups is 6. The van der Waals surface area contributed by atoms with Gasteiger partial charge in [0.05, 0.1) is 12.5 Å². The highest BCUT2D eigenvalue weighted by Gasteiger charge is 2.30. The van der Waals surface area contributed by atoms with Crippen molar-refractivity contribution in [3.63, 3.8) is 0 Å². The van der Waals surface area contributed by atoms with E-state index in [0.29, 0.717) is 0 Å². The first-order valence-corrected chi connectivity index (χ1v) is 11.0. The standard InChI is InChI=1S/C18H33N9O7S/c19-8(6-13(21)29)14(30)25-9(3-4-12(20)28)15(31)27-11(7-35)16(32)26-10(17(33)34)2-1-5-24-18(22)23/h8-11,35H,1-7,19H2,(H2,20,28)(H2,21,29)(H,25,30)(H,26,32)(H,27,31)(H,33,34)(H4,22,23,24). The van der Waals surface area contributed by atoms with Gasteiger partial charge in [0.2, 0.25) is 29.5 Å². The number of carboxylic acid groups (broad SMARTS) is 1. The Morgan fingerprint density at radius 2 is 1.34 bits per heavy atom. The summed E-state index contributed by atoms with van der Waals surface area (Å²) in [7, 11) is 0. The number of aliphatic carboxylic acids is 1. The molecule has 5 amide bonds. The van der Waals surface area contributed by atoms with Crippen LogP contribution in [0.2, 0.25) is 0 Å². The molecule has 4 unspecified atom stereocenters. The van der Waals surface area contributed by atoms with Crippen LogP contribution in [-0.4, -0.2) is 83.0 Å². The lowest BCUT2D eigenvalue weighted by molar-refractivity contribution is -0.142. The number of nitrogens with zero attached hydrogens (tertiary/aromatic N) is 1. The summed E-state index contributed by atoms with van der Waals surface area (Å²) >= 11 is 4.00. The number of amides is 5. The van der Waals surface area contributed by atoms with E-state index in [1.165, 1.54) is 0 Å². The monoisotopic (exact) mass is 519 g/mol. The summed E-state index contributed by atoms with van der Waals surface area (Å²) in [6.45, 7) is 0.147. The Bertz CT molecular complexity index is 820. The van der Waals surface area contributed by atoms with Crippen LogP contribution in [0.1, 0.15) is 32.1 Å². The van der Waals surface area contributed by atoms with Gasteiger partial charge in [-0.05, 0) is 19.3 Å². The number of rotatable bonds is 17. The van der Waals surface area contributed by atoms with E-state index in [1.807, 2.05) is 0 Å². The molecule has 17 heteroatoms. The second kappa shape index (κ2) is 16.1. The third-order valence-electron chi connectivity index (χ3n) is 4.45. The van der Waals surface area contributed by atoms with Crippen molar-refractivity contribution in [3.05, 3.63) is 0 Å². The Kier molecular flexibility index (Phi) is 14.4. The second-order valence-electron chi connectivity index (χ2n) is 7.44. The Balaban J connectivity index is 5.27. The van der Waals surface area contributed by atoms with Gasteiger partial charge in [0, 0.05) is 18.7 Å². The van der Waals surface area contributed by atoms with Gasteiger partial charge in [-0.15, -0.1) is 0 Å². The maximum absolute atomic E-state index is 12.7. The second-order valence-corrected chi connectivity index (χ2v) is 7.80. The molecule has 0 saturated heterocycles. The molecule has 0 saturated carbocycles. The molecule has 0 aromatic heterocycles. The number of hydrogen-bond donors (Lipinski definition) is 10. The molecule has 0 aliphatic heterocycles. The highest BCUT2D eigenvalue weighted by atomic mass is 32.1. The van der Waals surface area contributed by atoms with Crippen molar-refractivity contribution in [1.29, 1.82) is 0 Å². The van der Waals surface area contributed by atoms with E-state index in [2.05, 4.69) is 33.6 Å². The Labute approximate surface area is 206 Å². The molecule has 0 aliphatic rings. The zero-order chi connectivity index (χ0) is 27.1. The van der Waals surface area contributed by atoms with Crippen molar-refractivity contribution in [2.24, 2.45) is 33.7 Å². The van der Waals surface area contributed by atoms with Gasteiger partial charge in [-0.25, -0.2) is 4.79 Å². The van der Waals surface area contributed by atoms with Crippen molar-refractivity contribution < 1.29 is 33.9 Å². The number of guanidine groups is 1. The van der Waals surface area contributed by atoms with Crippen LogP contribution in [-0.2, 0) is 28.8 Å². The minimum atomic E-state index is -1.35. The minimum absolute atomic E-state index is 0.000136. The van der Waals surface area contributed by atoms with Gasteiger partial charge in [-0.2, -0.15) is 12.6 Å². The van der Waals surface area contributed by atoms with Gasteiger partial charge in [0.1, 0.15) is 18.1 Å². The van der Waals surface area contributed by atoms with Gasteiger partial charge < -0.3 is 49.7 Å². The molecular formula is C18H33N9O7S. The summed E-state index contributed by atoms with van der Waals surface area (Å²) in [6.07, 6.45) is -0.769. The predicted molar refractivity (Wildman–Crippen MR) is 127 cm³/mol. The van der Waals surface area contributed by atoms with Crippen LogP contribution in [0.25, 0.3) is 0 Å². The number of hydrogen-bond acceptors (Lipinski definition) is 9. The number of aliphatic imine (C=N–C) groups is 1. The van der Waals surface area contributed by atoms with Crippen molar-refractivity contribution in [1.82, 2.24) is 16.0 Å². The fraction of sp³-hybridized carbons (Fsp3) is 0.611. The van der Waals surface area contributed by atoms with Gasteiger partial charge in [0.25, 0.3) is 0 Å². The summed E-state index contributed by atoms with van der Waals surface area (Å²) in [6, 6.07) is -5.29. The van der Waals surface area contributed by atoms with Crippen LogP contribution in [0.4, 0.5) is 0 Å². The van der Waals surface area contributed by atoms with Gasteiger partial charge in [-0.1, -0.05) is 0 Å². The first-order chi connectivity index (χ1) is 16.3. The number of carboxylic acids is 1. The minimum Gasteiger partial charge on any atom is -0.480 e. The van der Waals surface area contributed by atoms with Crippen LogP contribution < -0.4 is 44.6 Å². The van der Waals surface area contributed by atoms with Crippen LogP contribution in [0.3, 0.4) is 0 Å². The lowest BCUT2D eigenvalue weighted by atomic mass is 10.1. The maximum Gasteiger partial charge on any atom is 0.326 e. The lowest BCUT2D eigenvalue weighted by Gasteiger charge is -2.24. The normalized spacial score (nSPS) is 13.9. The molecule has 0 bridgehead atoms. The van der Waals surface area contributed by atoms with E-state index in [1.54, 1.807) is 0 Å². The molecule has 198 valence electrons. The fourth-order valence-corrected chi connectivity index (χ4v) is 2.90. The molecule has 0 aromatic carbocycles. The van der Waals surface area contributed by atoms with Gasteiger partial charge in [0.15, 0.2) is 5.96 Å².